The van der Waals surface area contributed by atoms with Crippen molar-refractivity contribution >= 4 is 12.0 Å². The lowest BCUT2D eigenvalue weighted by Crippen LogP contribution is -2.07. The number of alkyl halides is 2. The first-order valence-corrected chi connectivity index (χ1v) is 6.63. The van der Waals surface area contributed by atoms with E-state index < -0.39 is 12.6 Å². The van der Waals surface area contributed by atoms with Crippen LogP contribution in [0.25, 0.3) is 6.08 Å². The van der Waals surface area contributed by atoms with Gasteiger partial charge >= 0.3 is 12.6 Å². The number of ether oxygens (including phenoxy) is 3. The number of carbonyl (C=O) groups excluding carboxylic acids is 1. The first-order valence-electron chi connectivity index (χ1n) is 6.63. The molecule has 0 heterocycles. The molecule has 0 amide bonds. The molecule has 0 atom stereocenters. The van der Waals surface area contributed by atoms with E-state index in [4.69, 9.17) is 14.7 Å². The fourth-order valence-corrected chi connectivity index (χ4v) is 1.59. The molecule has 0 saturated heterocycles. The van der Waals surface area contributed by atoms with Gasteiger partial charge in [-0.25, -0.2) is 4.79 Å². The van der Waals surface area contributed by atoms with Crippen LogP contribution in [0.15, 0.2) is 36.4 Å². The summed E-state index contributed by atoms with van der Waals surface area (Å²) in [6.07, 6.45) is 2.64. The van der Waals surface area contributed by atoms with E-state index in [1.165, 1.54) is 30.4 Å². The number of nitrogens with zero attached hydrogens (tertiary/aromatic N) is 1. The van der Waals surface area contributed by atoms with Gasteiger partial charge in [-0.3, -0.25) is 0 Å². The van der Waals surface area contributed by atoms with E-state index >= 15 is 0 Å². The summed E-state index contributed by atoms with van der Waals surface area (Å²) in [7, 11) is 0. The number of halogens is 2. The molecule has 0 saturated carbocycles. The molecule has 0 aliphatic rings. The molecule has 0 fully saturated rings. The van der Waals surface area contributed by atoms with Crippen LogP contribution >= 0.6 is 0 Å². The molecule has 7 heteroatoms. The Morgan fingerprint density at radius 2 is 2.17 bits per heavy atom. The molecule has 0 bridgehead atoms. The second-order valence-electron chi connectivity index (χ2n) is 4.07. The minimum Gasteiger partial charge on any atom is -0.490 e. The monoisotopic (exact) mass is 323 g/mol. The lowest BCUT2D eigenvalue weighted by atomic mass is 10.1. The largest absolute Gasteiger partial charge is 0.490 e. The predicted octanol–water partition coefficient (Wildman–Crippen LogP) is 3.32. The third-order valence-electron chi connectivity index (χ3n) is 2.47. The van der Waals surface area contributed by atoms with Gasteiger partial charge in [0, 0.05) is 0 Å². The van der Waals surface area contributed by atoms with Crippen LogP contribution in [0, 0.1) is 11.3 Å². The van der Waals surface area contributed by atoms with E-state index in [0.29, 0.717) is 5.56 Å². The van der Waals surface area contributed by atoms with Gasteiger partial charge in [-0.1, -0.05) is 18.7 Å². The minimum atomic E-state index is -2.99. The van der Waals surface area contributed by atoms with E-state index in [9.17, 15) is 13.6 Å². The Hall–Kier alpha value is -2.88. The summed E-state index contributed by atoms with van der Waals surface area (Å²) in [5.41, 5.74) is 0.166. The highest BCUT2D eigenvalue weighted by molar-refractivity contribution is 5.98. The molecule has 1 aromatic carbocycles. The van der Waals surface area contributed by atoms with Crippen molar-refractivity contribution in [3.63, 3.8) is 0 Å². The van der Waals surface area contributed by atoms with Gasteiger partial charge in [0.1, 0.15) is 18.2 Å². The van der Waals surface area contributed by atoms with Gasteiger partial charge in [0.2, 0.25) is 0 Å². The SMILES string of the molecule is C=CCOC(=O)C(C#N)=Cc1ccc(OC(F)F)c(OCC)c1. The average Bonchev–Trinajstić information content (AvgIpc) is 2.52. The molecule has 23 heavy (non-hydrogen) atoms. The van der Waals surface area contributed by atoms with Gasteiger partial charge in [0.15, 0.2) is 11.5 Å². The summed E-state index contributed by atoms with van der Waals surface area (Å²) in [5, 5.41) is 9.00. The molecule has 122 valence electrons. The van der Waals surface area contributed by atoms with Crippen LogP contribution in [0.5, 0.6) is 11.5 Å². The van der Waals surface area contributed by atoms with Gasteiger partial charge < -0.3 is 14.2 Å². The Kier molecular flexibility index (Phi) is 7.27. The maximum atomic E-state index is 12.3. The molecule has 1 rings (SSSR count). The molecule has 0 aliphatic heterocycles. The van der Waals surface area contributed by atoms with Crippen LogP contribution in [0.1, 0.15) is 12.5 Å². The third-order valence-corrected chi connectivity index (χ3v) is 2.47. The van der Waals surface area contributed by atoms with Crippen LogP contribution in [-0.4, -0.2) is 25.8 Å². The Balaban J connectivity index is 3.09. The highest BCUT2D eigenvalue weighted by Crippen LogP contribution is 2.30. The maximum Gasteiger partial charge on any atom is 0.387 e. The van der Waals surface area contributed by atoms with E-state index in [1.54, 1.807) is 13.0 Å². The Bertz CT molecular complexity index is 635. The molecule has 1 aromatic rings. The zero-order valence-corrected chi connectivity index (χ0v) is 12.4. The van der Waals surface area contributed by atoms with Crippen molar-refractivity contribution in [2.45, 2.75) is 13.5 Å². The number of esters is 1. The Morgan fingerprint density at radius 1 is 1.43 bits per heavy atom. The number of nitriles is 1. The van der Waals surface area contributed by atoms with E-state index in [0.717, 1.165) is 0 Å². The van der Waals surface area contributed by atoms with Crippen molar-refractivity contribution in [1.82, 2.24) is 0 Å². The lowest BCUT2D eigenvalue weighted by Gasteiger charge is -2.11. The highest BCUT2D eigenvalue weighted by Gasteiger charge is 2.13. The van der Waals surface area contributed by atoms with Gasteiger partial charge in [0.25, 0.3) is 0 Å². The Morgan fingerprint density at radius 3 is 2.74 bits per heavy atom. The van der Waals surface area contributed by atoms with Crippen LogP contribution in [-0.2, 0) is 9.53 Å². The molecule has 0 N–H and O–H groups in total. The lowest BCUT2D eigenvalue weighted by molar-refractivity contribution is -0.137. The normalized spacial score (nSPS) is 10.8. The standard InChI is InChI=1S/C16H15F2NO4/c1-3-7-22-15(20)12(10-19)8-11-5-6-13(23-16(17)18)14(9-11)21-4-2/h3,5-6,8-9,16H,1,4,7H2,2H3. The summed E-state index contributed by atoms with van der Waals surface area (Å²) in [6.45, 7) is 2.30. The molecule has 0 unspecified atom stereocenters. The molecule has 5 nitrogen and oxygen atoms in total. The third kappa shape index (κ3) is 5.79. The predicted molar refractivity (Wildman–Crippen MR) is 79.0 cm³/mol. The summed E-state index contributed by atoms with van der Waals surface area (Å²) < 4.78 is 39.0. The van der Waals surface area contributed by atoms with Crippen LogP contribution in [0.4, 0.5) is 8.78 Å². The molecular formula is C16H15F2NO4. The van der Waals surface area contributed by atoms with Crippen molar-refractivity contribution < 1.29 is 27.8 Å². The highest BCUT2D eigenvalue weighted by atomic mass is 19.3. The topological polar surface area (TPSA) is 68.6 Å². The quantitative estimate of drug-likeness (QED) is 0.318. The summed E-state index contributed by atoms with van der Waals surface area (Å²) in [6, 6.07) is 5.79. The Labute approximate surface area is 132 Å². The number of benzene rings is 1. The number of hydrogen-bond donors (Lipinski definition) is 0. The second kappa shape index (κ2) is 9.20. The summed E-state index contributed by atoms with van der Waals surface area (Å²) in [5.74, 6) is -0.858. The maximum absolute atomic E-state index is 12.3. The van der Waals surface area contributed by atoms with E-state index in [1.807, 2.05) is 0 Å². The van der Waals surface area contributed by atoms with Crippen molar-refractivity contribution in [3.8, 4) is 17.6 Å². The van der Waals surface area contributed by atoms with Crippen LogP contribution in [0.2, 0.25) is 0 Å². The molecule has 0 spiro atoms. The first-order chi connectivity index (χ1) is 11.0. The zero-order valence-electron chi connectivity index (χ0n) is 12.4. The minimum absolute atomic E-state index is 0.0246. The van der Waals surface area contributed by atoms with Crippen LogP contribution in [0.3, 0.4) is 0 Å². The first kappa shape index (κ1) is 18.2. The summed E-state index contributed by atoms with van der Waals surface area (Å²) >= 11 is 0. The molecule has 0 aliphatic carbocycles. The molecule has 0 aromatic heterocycles. The van der Waals surface area contributed by atoms with Gasteiger partial charge in [-0.15, -0.1) is 0 Å². The number of hydrogen-bond acceptors (Lipinski definition) is 5. The van der Waals surface area contributed by atoms with Crippen molar-refractivity contribution in [3.05, 3.63) is 42.0 Å². The smallest absolute Gasteiger partial charge is 0.387 e. The van der Waals surface area contributed by atoms with Gasteiger partial charge in [0.05, 0.1) is 6.61 Å². The van der Waals surface area contributed by atoms with Crippen molar-refractivity contribution in [2.75, 3.05) is 13.2 Å². The van der Waals surface area contributed by atoms with Crippen molar-refractivity contribution in [2.24, 2.45) is 0 Å². The average molecular weight is 323 g/mol. The fraction of sp³-hybridized carbons (Fsp3) is 0.250. The van der Waals surface area contributed by atoms with Gasteiger partial charge in [-0.2, -0.15) is 14.0 Å². The number of carbonyl (C=O) groups is 1. The second-order valence-corrected chi connectivity index (χ2v) is 4.07. The van der Waals surface area contributed by atoms with E-state index in [-0.39, 0.29) is 30.3 Å². The van der Waals surface area contributed by atoms with Crippen molar-refractivity contribution in [1.29, 1.82) is 5.26 Å². The summed E-state index contributed by atoms with van der Waals surface area (Å²) in [4.78, 5) is 11.6. The van der Waals surface area contributed by atoms with E-state index in [2.05, 4.69) is 11.3 Å². The fourth-order valence-electron chi connectivity index (χ4n) is 1.59. The van der Waals surface area contributed by atoms with Gasteiger partial charge in [-0.05, 0) is 30.7 Å². The zero-order chi connectivity index (χ0) is 17.2. The van der Waals surface area contributed by atoms with Crippen LogP contribution < -0.4 is 9.47 Å². The number of rotatable bonds is 8. The molecular weight excluding hydrogens is 308 g/mol. The molecule has 0 radical (unpaired) electrons.